The zero-order valence-electron chi connectivity index (χ0n) is 14.2. The number of piperidine rings is 1. The summed E-state index contributed by atoms with van der Waals surface area (Å²) in [6, 6.07) is 15.4. The average molecular weight is 358 g/mol. The van der Waals surface area contributed by atoms with Gasteiger partial charge in [-0.25, -0.2) is 8.42 Å². The Hall–Kier alpha value is -2.02. The molecule has 0 radical (unpaired) electrons. The Morgan fingerprint density at radius 1 is 1.08 bits per heavy atom. The van der Waals surface area contributed by atoms with Crippen LogP contribution in [0.4, 0.5) is 0 Å². The van der Waals surface area contributed by atoms with Crippen molar-refractivity contribution in [3.63, 3.8) is 0 Å². The van der Waals surface area contributed by atoms with E-state index in [1.807, 2.05) is 13.1 Å². The molecule has 0 amide bonds. The maximum atomic E-state index is 13.2. The highest BCUT2D eigenvalue weighted by Crippen LogP contribution is 2.25. The minimum Gasteiger partial charge on any atom is -0.316 e. The van der Waals surface area contributed by atoms with Crippen molar-refractivity contribution >= 4 is 15.8 Å². The van der Waals surface area contributed by atoms with Crippen molar-refractivity contribution in [2.45, 2.75) is 23.8 Å². The van der Waals surface area contributed by atoms with Crippen LogP contribution in [0.5, 0.6) is 0 Å². The van der Waals surface area contributed by atoms with Crippen LogP contribution in [-0.4, -0.2) is 44.7 Å². The third-order valence-electron chi connectivity index (χ3n) is 4.58. The zero-order chi connectivity index (χ0) is 17.9. The number of benzene rings is 2. The minimum absolute atomic E-state index is 0.0839. The average Bonchev–Trinajstić information content (AvgIpc) is 2.68. The maximum absolute atomic E-state index is 13.2. The van der Waals surface area contributed by atoms with Gasteiger partial charge in [0.05, 0.1) is 4.90 Å². The number of likely N-dealkylation sites (N-methyl/N-ethyl adjacent to an activating group) is 1. The molecule has 0 saturated carbocycles. The number of carbonyl (C=O) groups is 1. The largest absolute Gasteiger partial charge is 0.316 e. The lowest BCUT2D eigenvalue weighted by Gasteiger charge is -2.32. The van der Waals surface area contributed by atoms with E-state index in [4.69, 9.17) is 0 Å². The van der Waals surface area contributed by atoms with Crippen molar-refractivity contribution in [3.8, 4) is 0 Å². The van der Waals surface area contributed by atoms with Crippen molar-refractivity contribution in [3.05, 3.63) is 65.7 Å². The highest BCUT2D eigenvalue weighted by Gasteiger charge is 2.32. The van der Waals surface area contributed by atoms with Crippen LogP contribution in [0, 0.1) is 0 Å². The van der Waals surface area contributed by atoms with Gasteiger partial charge >= 0.3 is 0 Å². The Morgan fingerprint density at radius 3 is 2.48 bits per heavy atom. The van der Waals surface area contributed by atoms with E-state index in [2.05, 4.69) is 5.32 Å². The Balaban J connectivity index is 1.99. The van der Waals surface area contributed by atoms with E-state index in [-0.39, 0.29) is 22.3 Å². The molecule has 0 aliphatic carbocycles. The van der Waals surface area contributed by atoms with Gasteiger partial charge < -0.3 is 5.32 Å². The van der Waals surface area contributed by atoms with Gasteiger partial charge in [-0.3, -0.25) is 4.79 Å². The van der Waals surface area contributed by atoms with Gasteiger partial charge in [0.2, 0.25) is 10.0 Å². The Bertz CT molecular complexity index is 850. The van der Waals surface area contributed by atoms with Gasteiger partial charge in [-0.1, -0.05) is 42.5 Å². The van der Waals surface area contributed by atoms with E-state index in [1.54, 1.807) is 42.5 Å². The SMILES string of the molecule is CNC1CCCN(S(=O)(=O)c2ccccc2C(=O)c2ccccc2)C1. The summed E-state index contributed by atoms with van der Waals surface area (Å²) in [5.41, 5.74) is 0.706. The molecule has 1 aliphatic rings. The zero-order valence-corrected chi connectivity index (χ0v) is 15.0. The van der Waals surface area contributed by atoms with Gasteiger partial charge in [0.25, 0.3) is 0 Å². The molecule has 6 heteroatoms. The summed E-state index contributed by atoms with van der Waals surface area (Å²) in [5, 5.41) is 3.15. The predicted molar refractivity (Wildman–Crippen MR) is 97.2 cm³/mol. The summed E-state index contributed by atoms with van der Waals surface area (Å²) >= 11 is 0. The van der Waals surface area contributed by atoms with Crippen molar-refractivity contribution in [2.24, 2.45) is 0 Å². The van der Waals surface area contributed by atoms with Crippen molar-refractivity contribution in [2.75, 3.05) is 20.1 Å². The highest BCUT2D eigenvalue weighted by molar-refractivity contribution is 7.89. The van der Waals surface area contributed by atoms with Crippen LogP contribution in [-0.2, 0) is 10.0 Å². The van der Waals surface area contributed by atoms with Crippen molar-refractivity contribution in [1.82, 2.24) is 9.62 Å². The van der Waals surface area contributed by atoms with E-state index in [1.165, 1.54) is 10.4 Å². The molecule has 3 rings (SSSR count). The smallest absolute Gasteiger partial charge is 0.243 e. The van der Waals surface area contributed by atoms with Gasteiger partial charge in [0, 0.05) is 30.3 Å². The quantitative estimate of drug-likeness (QED) is 0.833. The number of nitrogens with zero attached hydrogens (tertiary/aromatic N) is 1. The topological polar surface area (TPSA) is 66.5 Å². The highest BCUT2D eigenvalue weighted by atomic mass is 32.2. The third-order valence-corrected chi connectivity index (χ3v) is 6.50. The van der Waals surface area contributed by atoms with Crippen LogP contribution >= 0.6 is 0 Å². The van der Waals surface area contributed by atoms with Crippen LogP contribution in [0.3, 0.4) is 0 Å². The molecule has 2 aromatic rings. The summed E-state index contributed by atoms with van der Waals surface area (Å²) in [5.74, 6) is -0.276. The maximum Gasteiger partial charge on any atom is 0.243 e. The lowest BCUT2D eigenvalue weighted by Crippen LogP contribution is -2.47. The molecule has 132 valence electrons. The Labute approximate surface area is 148 Å². The number of ketones is 1. The molecule has 0 bridgehead atoms. The van der Waals surface area contributed by atoms with Gasteiger partial charge in [-0.05, 0) is 32.0 Å². The molecule has 1 atom stereocenters. The minimum atomic E-state index is -3.72. The van der Waals surface area contributed by atoms with Gasteiger partial charge in [-0.15, -0.1) is 0 Å². The van der Waals surface area contributed by atoms with E-state index >= 15 is 0 Å². The monoisotopic (exact) mass is 358 g/mol. The summed E-state index contributed by atoms with van der Waals surface area (Å²) in [6.45, 7) is 0.904. The molecule has 1 fully saturated rings. The predicted octanol–water partition coefficient (Wildman–Crippen LogP) is 2.29. The number of nitrogens with one attached hydrogen (secondary N) is 1. The number of sulfonamides is 1. The molecule has 1 aliphatic heterocycles. The number of hydrogen-bond acceptors (Lipinski definition) is 4. The fourth-order valence-corrected chi connectivity index (χ4v) is 4.87. The summed E-state index contributed by atoms with van der Waals surface area (Å²) in [4.78, 5) is 12.9. The molecule has 0 spiro atoms. The van der Waals surface area contributed by atoms with Gasteiger partial charge in [0.1, 0.15) is 0 Å². The molecular formula is C19H22N2O3S. The van der Waals surface area contributed by atoms with Crippen LogP contribution in [0.1, 0.15) is 28.8 Å². The normalized spacial score (nSPS) is 18.8. The summed E-state index contributed by atoms with van der Waals surface area (Å²) in [7, 11) is -1.88. The molecule has 1 heterocycles. The molecule has 1 N–H and O–H groups in total. The first-order valence-electron chi connectivity index (χ1n) is 8.40. The summed E-state index contributed by atoms with van der Waals surface area (Å²) in [6.07, 6.45) is 1.76. The van der Waals surface area contributed by atoms with E-state index in [9.17, 15) is 13.2 Å². The van der Waals surface area contributed by atoms with Gasteiger partial charge in [0.15, 0.2) is 5.78 Å². The van der Waals surface area contributed by atoms with Crippen LogP contribution in [0.15, 0.2) is 59.5 Å². The first-order valence-corrected chi connectivity index (χ1v) is 9.84. The number of carbonyl (C=O) groups excluding carboxylic acids is 1. The lowest BCUT2D eigenvalue weighted by molar-refractivity contribution is 0.103. The lowest BCUT2D eigenvalue weighted by atomic mass is 10.0. The molecule has 1 saturated heterocycles. The second-order valence-electron chi connectivity index (χ2n) is 6.18. The second-order valence-corrected chi connectivity index (χ2v) is 8.09. The molecule has 25 heavy (non-hydrogen) atoms. The number of hydrogen-bond donors (Lipinski definition) is 1. The third kappa shape index (κ3) is 3.66. The standard InChI is InChI=1S/C19H22N2O3S/c1-20-16-10-7-13-21(14-16)25(23,24)18-12-6-5-11-17(18)19(22)15-8-3-2-4-9-15/h2-6,8-9,11-12,16,20H,7,10,13-14H2,1H3. The van der Waals surface area contributed by atoms with Gasteiger partial charge in [-0.2, -0.15) is 4.31 Å². The molecular weight excluding hydrogens is 336 g/mol. The summed E-state index contributed by atoms with van der Waals surface area (Å²) < 4.78 is 27.8. The Kier molecular flexibility index (Phi) is 5.32. The Morgan fingerprint density at radius 2 is 1.76 bits per heavy atom. The number of rotatable bonds is 5. The molecule has 5 nitrogen and oxygen atoms in total. The van der Waals surface area contributed by atoms with Crippen molar-refractivity contribution in [1.29, 1.82) is 0 Å². The van der Waals surface area contributed by atoms with Crippen LogP contribution in [0.2, 0.25) is 0 Å². The van der Waals surface area contributed by atoms with Crippen LogP contribution < -0.4 is 5.32 Å². The van der Waals surface area contributed by atoms with Crippen LogP contribution in [0.25, 0.3) is 0 Å². The van der Waals surface area contributed by atoms with E-state index in [0.717, 1.165) is 12.8 Å². The molecule has 1 unspecified atom stereocenters. The van der Waals surface area contributed by atoms with Crippen molar-refractivity contribution < 1.29 is 13.2 Å². The van der Waals surface area contributed by atoms with E-state index in [0.29, 0.717) is 18.7 Å². The molecule has 0 aromatic heterocycles. The second kappa shape index (κ2) is 7.47. The first-order chi connectivity index (χ1) is 12.0. The first kappa shape index (κ1) is 17.8. The van der Waals surface area contributed by atoms with E-state index < -0.39 is 10.0 Å². The fourth-order valence-electron chi connectivity index (χ4n) is 3.16. The fraction of sp³-hybridized carbons (Fsp3) is 0.316. The molecule has 2 aromatic carbocycles.